The molecule has 0 radical (unpaired) electrons. The first-order valence-corrected chi connectivity index (χ1v) is 5.62. The Morgan fingerprint density at radius 1 is 1.29 bits per heavy atom. The fourth-order valence-corrected chi connectivity index (χ4v) is 1.66. The molecule has 1 aromatic carbocycles. The lowest BCUT2D eigenvalue weighted by Crippen LogP contribution is -2.00. The van der Waals surface area contributed by atoms with E-state index in [9.17, 15) is 4.39 Å². The molecule has 2 nitrogen and oxygen atoms in total. The molecule has 0 unspecified atom stereocenters. The number of aromatic nitrogens is 1. The highest BCUT2D eigenvalue weighted by Crippen LogP contribution is 2.17. The van der Waals surface area contributed by atoms with Crippen LogP contribution in [0.3, 0.4) is 0 Å². The van der Waals surface area contributed by atoms with Gasteiger partial charge in [-0.05, 0) is 24.1 Å². The lowest BCUT2D eigenvalue weighted by atomic mass is 10.1. The molecular weight excluding hydrogens is 239 g/mol. The van der Waals surface area contributed by atoms with Crippen molar-refractivity contribution < 1.29 is 4.39 Å². The number of pyridine rings is 1. The van der Waals surface area contributed by atoms with E-state index in [1.807, 2.05) is 25.1 Å². The van der Waals surface area contributed by atoms with Crippen molar-refractivity contribution in [3.8, 4) is 0 Å². The maximum Gasteiger partial charge on any atom is 0.143 e. The van der Waals surface area contributed by atoms with Gasteiger partial charge in [0, 0.05) is 17.6 Å². The lowest BCUT2D eigenvalue weighted by Gasteiger charge is -2.07. The molecule has 4 heteroatoms. The zero-order valence-corrected chi connectivity index (χ0v) is 10.1. The van der Waals surface area contributed by atoms with E-state index < -0.39 is 0 Å². The van der Waals surface area contributed by atoms with E-state index in [0.717, 1.165) is 16.1 Å². The highest BCUT2D eigenvalue weighted by Gasteiger charge is 1.99. The van der Waals surface area contributed by atoms with Gasteiger partial charge in [0.15, 0.2) is 0 Å². The Kier molecular flexibility index (Phi) is 3.59. The van der Waals surface area contributed by atoms with Crippen LogP contribution in [0.4, 0.5) is 10.1 Å². The van der Waals surface area contributed by atoms with Crippen LogP contribution in [0.1, 0.15) is 11.1 Å². The number of nitrogens with zero attached hydrogens (tertiary/aromatic N) is 1. The predicted molar refractivity (Wildman–Crippen MR) is 67.7 cm³/mol. The summed E-state index contributed by atoms with van der Waals surface area (Å²) in [5.41, 5.74) is 2.74. The minimum absolute atomic E-state index is 0.350. The van der Waals surface area contributed by atoms with Crippen molar-refractivity contribution >= 4 is 17.3 Å². The fraction of sp³-hybridized carbons (Fsp3) is 0.154. The van der Waals surface area contributed by atoms with E-state index in [-0.39, 0.29) is 5.82 Å². The maximum absolute atomic E-state index is 12.9. The molecule has 0 aliphatic carbocycles. The Morgan fingerprint density at radius 3 is 2.82 bits per heavy atom. The van der Waals surface area contributed by atoms with Gasteiger partial charge in [0.1, 0.15) is 5.82 Å². The van der Waals surface area contributed by atoms with Crippen LogP contribution in [0.15, 0.2) is 36.7 Å². The van der Waals surface area contributed by atoms with Crippen LogP contribution < -0.4 is 5.32 Å². The molecule has 2 aromatic rings. The van der Waals surface area contributed by atoms with Crippen molar-refractivity contribution in [2.24, 2.45) is 0 Å². The van der Waals surface area contributed by atoms with E-state index >= 15 is 0 Å². The van der Waals surface area contributed by atoms with Gasteiger partial charge in [-0.25, -0.2) is 4.39 Å². The van der Waals surface area contributed by atoms with Crippen molar-refractivity contribution in [1.82, 2.24) is 4.98 Å². The standard InChI is InChI=1S/C13H12ClFN2/c1-9-2-3-10(4-13(9)14)6-17-12-5-11(15)7-16-8-12/h2-5,7-8,17H,6H2,1H3. The molecule has 0 amide bonds. The van der Waals surface area contributed by atoms with Gasteiger partial charge in [-0.1, -0.05) is 23.7 Å². The van der Waals surface area contributed by atoms with Crippen LogP contribution in [0, 0.1) is 12.7 Å². The molecule has 0 spiro atoms. The SMILES string of the molecule is Cc1ccc(CNc2cncc(F)c2)cc1Cl. The van der Waals surface area contributed by atoms with Gasteiger partial charge in [0.2, 0.25) is 0 Å². The van der Waals surface area contributed by atoms with E-state index in [4.69, 9.17) is 11.6 Å². The van der Waals surface area contributed by atoms with Crippen molar-refractivity contribution in [2.75, 3.05) is 5.32 Å². The number of benzene rings is 1. The molecule has 0 saturated carbocycles. The average Bonchev–Trinajstić information content (AvgIpc) is 2.31. The van der Waals surface area contributed by atoms with Crippen molar-refractivity contribution in [2.45, 2.75) is 13.5 Å². The molecule has 0 aliphatic heterocycles. The van der Waals surface area contributed by atoms with Gasteiger partial charge in [0.25, 0.3) is 0 Å². The monoisotopic (exact) mass is 250 g/mol. The first-order valence-electron chi connectivity index (χ1n) is 5.24. The van der Waals surface area contributed by atoms with Crippen LogP contribution in [0.2, 0.25) is 5.02 Å². The summed E-state index contributed by atoms with van der Waals surface area (Å²) in [5.74, 6) is -0.350. The summed E-state index contributed by atoms with van der Waals surface area (Å²) in [7, 11) is 0. The topological polar surface area (TPSA) is 24.9 Å². The van der Waals surface area contributed by atoms with Crippen LogP contribution in [-0.4, -0.2) is 4.98 Å². The Morgan fingerprint density at radius 2 is 2.12 bits per heavy atom. The number of anilines is 1. The number of hydrogen-bond acceptors (Lipinski definition) is 2. The van der Waals surface area contributed by atoms with Crippen molar-refractivity contribution in [3.05, 3.63) is 58.6 Å². The van der Waals surface area contributed by atoms with Gasteiger partial charge >= 0.3 is 0 Å². The summed E-state index contributed by atoms with van der Waals surface area (Å²) in [6.07, 6.45) is 2.76. The molecule has 0 fully saturated rings. The number of halogens is 2. The Labute approximate surface area is 104 Å². The molecule has 1 heterocycles. The second-order valence-corrected chi connectivity index (χ2v) is 4.24. The maximum atomic E-state index is 12.9. The second kappa shape index (κ2) is 5.15. The summed E-state index contributed by atoms with van der Waals surface area (Å²) in [5, 5.41) is 3.82. The molecular formula is C13H12ClFN2. The van der Waals surface area contributed by atoms with Gasteiger partial charge < -0.3 is 5.32 Å². The first-order chi connectivity index (χ1) is 8.15. The lowest BCUT2D eigenvalue weighted by molar-refractivity contribution is 0.622. The fourth-order valence-electron chi connectivity index (χ4n) is 1.46. The zero-order chi connectivity index (χ0) is 12.3. The van der Waals surface area contributed by atoms with E-state index in [1.54, 1.807) is 6.20 Å². The Hall–Kier alpha value is -1.61. The highest BCUT2D eigenvalue weighted by atomic mass is 35.5. The van der Waals surface area contributed by atoms with Gasteiger partial charge in [-0.3, -0.25) is 4.98 Å². The number of rotatable bonds is 3. The number of aryl methyl sites for hydroxylation is 1. The van der Waals surface area contributed by atoms with Gasteiger partial charge in [-0.15, -0.1) is 0 Å². The summed E-state index contributed by atoms with van der Waals surface area (Å²) in [4.78, 5) is 3.76. The van der Waals surface area contributed by atoms with E-state index in [2.05, 4.69) is 10.3 Å². The highest BCUT2D eigenvalue weighted by molar-refractivity contribution is 6.31. The van der Waals surface area contributed by atoms with Crippen LogP contribution in [0.5, 0.6) is 0 Å². The molecule has 2 rings (SSSR count). The molecule has 0 saturated heterocycles. The molecule has 1 aromatic heterocycles. The summed E-state index contributed by atoms with van der Waals surface area (Å²) >= 11 is 6.02. The van der Waals surface area contributed by atoms with Gasteiger partial charge in [-0.2, -0.15) is 0 Å². The van der Waals surface area contributed by atoms with Gasteiger partial charge in [0.05, 0.1) is 18.1 Å². The van der Waals surface area contributed by atoms with Crippen LogP contribution in [-0.2, 0) is 6.54 Å². The minimum Gasteiger partial charge on any atom is -0.380 e. The summed E-state index contributed by atoms with van der Waals surface area (Å²) in [6, 6.07) is 7.25. The normalized spacial score (nSPS) is 10.3. The number of nitrogens with one attached hydrogen (secondary N) is 1. The predicted octanol–water partition coefficient (Wildman–Crippen LogP) is 3.79. The Balaban J connectivity index is 2.05. The summed E-state index contributed by atoms with van der Waals surface area (Å²) < 4.78 is 12.9. The molecule has 1 N–H and O–H groups in total. The third kappa shape index (κ3) is 3.17. The largest absolute Gasteiger partial charge is 0.380 e. The smallest absolute Gasteiger partial charge is 0.143 e. The van der Waals surface area contributed by atoms with Crippen LogP contribution >= 0.6 is 11.6 Å². The zero-order valence-electron chi connectivity index (χ0n) is 9.37. The average molecular weight is 251 g/mol. The van der Waals surface area contributed by atoms with Crippen LogP contribution in [0.25, 0.3) is 0 Å². The van der Waals surface area contributed by atoms with E-state index in [1.165, 1.54) is 12.3 Å². The van der Waals surface area contributed by atoms with Crippen molar-refractivity contribution in [1.29, 1.82) is 0 Å². The molecule has 0 bridgehead atoms. The number of hydrogen-bond donors (Lipinski definition) is 1. The first kappa shape index (κ1) is 11.9. The molecule has 0 atom stereocenters. The molecule has 17 heavy (non-hydrogen) atoms. The Bertz CT molecular complexity index is 529. The third-order valence-corrected chi connectivity index (χ3v) is 2.84. The second-order valence-electron chi connectivity index (χ2n) is 3.83. The van der Waals surface area contributed by atoms with Crippen molar-refractivity contribution in [3.63, 3.8) is 0 Å². The molecule has 88 valence electrons. The van der Waals surface area contributed by atoms with E-state index in [0.29, 0.717) is 12.2 Å². The summed E-state index contributed by atoms with van der Waals surface area (Å²) in [6.45, 7) is 2.54. The quantitative estimate of drug-likeness (QED) is 0.896. The third-order valence-electron chi connectivity index (χ3n) is 2.44. The minimum atomic E-state index is -0.350. The molecule has 0 aliphatic rings.